The lowest BCUT2D eigenvalue weighted by Gasteiger charge is -2.41. The van der Waals surface area contributed by atoms with Gasteiger partial charge in [0.25, 0.3) is 0 Å². The molecule has 0 aromatic carbocycles. The lowest BCUT2D eigenvalue weighted by molar-refractivity contribution is -0.0358. The molecule has 0 heterocycles. The molecule has 0 fully saturated rings. The first-order chi connectivity index (χ1) is 18.3. The Morgan fingerprint density at radius 1 is 0.553 bits per heavy atom. The second-order valence-corrected chi connectivity index (χ2v) is 11.6. The van der Waals surface area contributed by atoms with E-state index in [1.807, 2.05) is 0 Å². The average Bonchev–Trinajstić information content (AvgIpc) is 2.87. The van der Waals surface area contributed by atoms with Crippen LogP contribution < -0.4 is 0 Å². The molecular weight excluding hydrogens is 507 g/mol. The Kier molecular flexibility index (Phi) is 23.5. The van der Waals surface area contributed by atoms with Gasteiger partial charge in [-0.1, -0.05) is 53.4 Å². The zero-order valence-corrected chi connectivity index (χ0v) is 26.0. The zero-order valence-electron chi connectivity index (χ0n) is 25.0. The van der Waals surface area contributed by atoms with Gasteiger partial charge in [-0.25, -0.2) is 0 Å². The molecule has 0 aliphatic rings. The van der Waals surface area contributed by atoms with E-state index in [4.69, 9.17) is 9.05 Å². The van der Waals surface area contributed by atoms with E-state index in [0.717, 1.165) is 51.4 Å². The Hall–Kier alpha value is -0.0900. The highest BCUT2D eigenvalue weighted by Gasteiger charge is 2.38. The van der Waals surface area contributed by atoms with Crippen LogP contribution in [0.3, 0.4) is 0 Å². The molecule has 0 aliphatic carbocycles. The minimum atomic E-state index is -2.86. The zero-order chi connectivity index (χ0) is 28.7. The highest BCUT2D eigenvalue weighted by atomic mass is 31.1. The fraction of sp³-hybridized carbons (Fsp3) is 1.00. The number of hydrogen-bond donors (Lipinski definition) is 4. The largest absolute Gasteiger partial charge is 0.396 e. The van der Waals surface area contributed by atoms with Gasteiger partial charge < -0.3 is 39.3 Å². The van der Waals surface area contributed by atoms with Crippen molar-refractivity contribution in [3.8, 4) is 0 Å². The van der Waals surface area contributed by atoms with Crippen molar-refractivity contribution in [1.82, 2.24) is 9.80 Å². The van der Waals surface area contributed by atoms with Gasteiger partial charge in [-0.05, 0) is 51.4 Å². The molecule has 0 bridgehead atoms. The quantitative estimate of drug-likeness (QED) is 0.103. The van der Waals surface area contributed by atoms with Crippen molar-refractivity contribution in [3.05, 3.63) is 0 Å². The molecule has 0 aliphatic heterocycles. The fourth-order valence-corrected chi connectivity index (χ4v) is 6.85. The smallest absolute Gasteiger partial charge is 0.320 e. The highest BCUT2D eigenvalue weighted by molar-refractivity contribution is 7.33. The second kappa shape index (κ2) is 23.6. The van der Waals surface area contributed by atoms with E-state index in [-0.39, 0.29) is 26.4 Å². The lowest BCUT2D eigenvalue weighted by atomic mass is 9.92. The summed E-state index contributed by atoms with van der Waals surface area (Å²) >= 11 is 0. The molecule has 0 saturated carbocycles. The number of rotatable bonds is 28. The van der Waals surface area contributed by atoms with Crippen LogP contribution in [0, 0.1) is 0 Å². The Labute approximate surface area is 233 Å². The van der Waals surface area contributed by atoms with Gasteiger partial charge in [-0.3, -0.25) is 4.57 Å². The van der Waals surface area contributed by atoms with Crippen LogP contribution in [-0.2, 0) is 13.6 Å². The maximum atomic E-state index is 13.7. The molecule has 0 saturated heterocycles. The van der Waals surface area contributed by atoms with Crippen LogP contribution in [0.1, 0.15) is 105 Å². The SMILES string of the molecule is CCCC(CCC)(CN(CCCO)CCCO)O[PH](=O)OC(CCC)(CCC)CN(CCCO)CCCO. The topological polar surface area (TPSA) is 123 Å². The third-order valence-corrected chi connectivity index (χ3v) is 8.17. The van der Waals surface area contributed by atoms with Gasteiger partial charge in [0.2, 0.25) is 0 Å². The van der Waals surface area contributed by atoms with E-state index in [9.17, 15) is 25.0 Å². The van der Waals surface area contributed by atoms with E-state index in [1.165, 1.54) is 0 Å². The molecule has 0 aromatic heterocycles. The van der Waals surface area contributed by atoms with Crippen LogP contribution in [-0.4, -0.2) is 107 Å². The average molecular weight is 569 g/mol. The van der Waals surface area contributed by atoms with Crippen molar-refractivity contribution in [3.63, 3.8) is 0 Å². The molecule has 0 unspecified atom stereocenters. The second-order valence-electron chi connectivity index (χ2n) is 10.7. The monoisotopic (exact) mass is 568 g/mol. The maximum Gasteiger partial charge on any atom is 0.320 e. The summed E-state index contributed by atoms with van der Waals surface area (Å²) in [5.74, 6) is 0. The summed E-state index contributed by atoms with van der Waals surface area (Å²) in [7, 11) is -2.86. The van der Waals surface area contributed by atoms with Gasteiger partial charge in [0, 0.05) is 65.7 Å². The number of aliphatic hydroxyl groups is 4. The van der Waals surface area contributed by atoms with Crippen LogP contribution in [0.2, 0.25) is 0 Å². The Morgan fingerprint density at radius 3 is 1.03 bits per heavy atom. The molecule has 38 heavy (non-hydrogen) atoms. The molecular formula is C28H61N2O7P. The molecule has 10 heteroatoms. The van der Waals surface area contributed by atoms with Gasteiger partial charge in [0.1, 0.15) is 0 Å². The lowest BCUT2D eigenvalue weighted by Crippen LogP contribution is -2.47. The van der Waals surface area contributed by atoms with Crippen molar-refractivity contribution < 1.29 is 34.0 Å². The number of hydrogen-bond acceptors (Lipinski definition) is 9. The van der Waals surface area contributed by atoms with Gasteiger partial charge >= 0.3 is 8.25 Å². The van der Waals surface area contributed by atoms with Gasteiger partial charge in [0.15, 0.2) is 0 Å². The Bertz CT molecular complexity index is 497. The molecule has 0 atom stereocenters. The maximum absolute atomic E-state index is 13.7. The molecule has 230 valence electrons. The van der Waals surface area contributed by atoms with Crippen LogP contribution in [0.25, 0.3) is 0 Å². The first kappa shape index (κ1) is 37.9. The molecule has 0 aromatic rings. The summed E-state index contributed by atoms with van der Waals surface area (Å²) in [6.45, 7) is 12.8. The highest BCUT2D eigenvalue weighted by Crippen LogP contribution is 2.43. The van der Waals surface area contributed by atoms with Crippen LogP contribution in [0.15, 0.2) is 0 Å². The van der Waals surface area contributed by atoms with Crippen molar-refractivity contribution in [2.24, 2.45) is 0 Å². The first-order valence-electron chi connectivity index (χ1n) is 15.1. The normalized spacial score (nSPS) is 12.9. The van der Waals surface area contributed by atoms with E-state index < -0.39 is 19.5 Å². The molecule has 0 amide bonds. The summed E-state index contributed by atoms with van der Waals surface area (Å²) in [4.78, 5) is 4.42. The van der Waals surface area contributed by atoms with E-state index >= 15 is 0 Å². The van der Waals surface area contributed by atoms with E-state index in [1.54, 1.807) is 0 Å². The van der Waals surface area contributed by atoms with Crippen molar-refractivity contribution in [1.29, 1.82) is 0 Å². The molecule has 9 nitrogen and oxygen atoms in total. The predicted octanol–water partition coefficient (Wildman–Crippen LogP) is 4.22. The summed E-state index contributed by atoms with van der Waals surface area (Å²) < 4.78 is 26.7. The summed E-state index contributed by atoms with van der Waals surface area (Å²) in [6.07, 6.45) is 9.10. The Morgan fingerprint density at radius 2 is 0.816 bits per heavy atom. The van der Waals surface area contributed by atoms with Crippen molar-refractivity contribution >= 4 is 8.25 Å². The minimum Gasteiger partial charge on any atom is -0.396 e. The summed E-state index contributed by atoms with van der Waals surface area (Å²) in [6, 6.07) is 0. The fourth-order valence-electron chi connectivity index (χ4n) is 5.56. The first-order valence-corrected chi connectivity index (χ1v) is 16.4. The molecule has 0 spiro atoms. The minimum absolute atomic E-state index is 0.102. The Balaban J connectivity index is 5.94. The van der Waals surface area contributed by atoms with Crippen molar-refractivity contribution in [2.45, 2.75) is 116 Å². The third kappa shape index (κ3) is 16.2. The van der Waals surface area contributed by atoms with Crippen molar-refractivity contribution in [2.75, 3.05) is 65.7 Å². The van der Waals surface area contributed by atoms with Crippen LogP contribution in [0.4, 0.5) is 0 Å². The standard InChI is InChI=1S/C28H61N2O7P/c1-5-13-27(14-6-2,25-29(17-9-21-31)18-10-22-32)36-38(35)37-28(15-7-3,16-8-4)26-30(19-11-23-33)20-12-24-34/h31-34,38H,5-26H2,1-4H3. The summed E-state index contributed by atoms with van der Waals surface area (Å²) in [5, 5.41) is 37.6. The van der Waals surface area contributed by atoms with Crippen LogP contribution >= 0.6 is 8.25 Å². The number of aliphatic hydroxyl groups excluding tert-OH is 4. The van der Waals surface area contributed by atoms with Gasteiger partial charge in [-0.2, -0.15) is 0 Å². The van der Waals surface area contributed by atoms with Crippen LogP contribution in [0.5, 0.6) is 0 Å². The molecule has 0 rings (SSSR count). The molecule has 0 radical (unpaired) electrons. The third-order valence-electron chi connectivity index (χ3n) is 6.98. The molecule has 4 N–H and O–H groups in total. The van der Waals surface area contributed by atoms with Gasteiger partial charge in [-0.15, -0.1) is 0 Å². The van der Waals surface area contributed by atoms with Gasteiger partial charge in [0.05, 0.1) is 11.2 Å². The summed E-state index contributed by atoms with van der Waals surface area (Å²) in [5.41, 5.74) is -1.25. The predicted molar refractivity (Wildman–Crippen MR) is 156 cm³/mol. The van der Waals surface area contributed by atoms with E-state index in [0.29, 0.717) is 65.0 Å². The number of nitrogens with zero attached hydrogens (tertiary/aromatic N) is 2. The van der Waals surface area contributed by atoms with E-state index in [2.05, 4.69) is 37.5 Å².